The van der Waals surface area contributed by atoms with Gasteiger partial charge >= 0.3 is 264 Å². The quantitative estimate of drug-likeness (QED) is 0.176. The molecule has 6 aromatic carbocycles. The predicted molar refractivity (Wildman–Crippen MR) is 189 cm³/mol. The molecule has 0 aliphatic rings. The molecule has 0 bridgehead atoms. The van der Waals surface area contributed by atoms with Crippen molar-refractivity contribution in [2.75, 3.05) is 0 Å². The van der Waals surface area contributed by atoms with E-state index in [0.717, 1.165) is 0 Å². The van der Waals surface area contributed by atoms with Gasteiger partial charge in [0.05, 0.1) is 0 Å². The van der Waals surface area contributed by atoms with E-state index in [1.807, 2.05) is 0 Å². The molecule has 0 aliphatic carbocycles. The summed E-state index contributed by atoms with van der Waals surface area (Å²) in [6.45, 7) is 0. The van der Waals surface area contributed by atoms with Crippen LogP contribution >= 0.6 is 26.6 Å². The van der Waals surface area contributed by atoms with Crippen LogP contribution in [0, 0.1) is 0 Å². The molecular weight excluding hydrogens is 937 g/mol. The standard InChI is InChI=1S/2C18H16As.2BrH.Pt/c2*1-4-10-16(11-5-1)19(17-12-6-2-7-13-17)18-14-8-3-9-15-18;;;/h2*1-15,19H;2*1H;/q2*+1;;;/p-2. The molecule has 0 fully saturated rings. The van der Waals surface area contributed by atoms with Crippen molar-refractivity contribution >= 4 is 74.4 Å². The van der Waals surface area contributed by atoms with Gasteiger partial charge in [-0.1, -0.05) is 0 Å². The van der Waals surface area contributed by atoms with E-state index >= 15 is 0 Å². The van der Waals surface area contributed by atoms with Gasteiger partial charge in [0.2, 0.25) is 0 Å². The van der Waals surface area contributed by atoms with Crippen LogP contribution in [0.5, 0.6) is 0 Å². The van der Waals surface area contributed by atoms with Crippen LogP contribution in [0.1, 0.15) is 0 Å². The first-order valence-corrected chi connectivity index (χ1v) is 42.9. The summed E-state index contributed by atoms with van der Waals surface area (Å²) in [5.74, 6) is 0. The summed E-state index contributed by atoms with van der Waals surface area (Å²) in [6.07, 6.45) is 0. The van der Waals surface area contributed by atoms with Gasteiger partial charge in [-0.3, -0.25) is 0 Å². The molecule has 41 heavy (non-hydrogen) atoms. The van der Waals surface area contributed by atoms with Gasteiger partial charge in [-0.2, -0.15) is 0 Å². The summed E-state index contributed by atoms with van der Waals surface area (Å²) in [6, 6.07) is 68.7. The van der Waals surface area contributed by atoms with Crippen molar-refractivity contribution < 1.29 is 7.39 Å². The van der Waals surface area contributed by atoms with E-state index in [9.17, 15) is 0 Å². The van der Waals surface area contributed by atoms with Crippen molar-refractivity contribution in [1.29, 1.82) is 0 Å². The maximum absolute atomic E-state index is 4.91. The van der Waals surface area contributed by atoms with Crippen LogP contribution in [0.3, 0.4) is 0 Å². The molecule has 0 radical (unpaired) electrons. The Morgan fingerprint density at radius 3 is 0.561 bits per heavy atom. The Morgan fingerprint density at radius 1 is 0.268 bits per heavy atom. The summed E-state index contributed by atoms with van der Waals surface area (Å²) in [4.78, 5) is 0. The fourth-order valence-electron chi connectivity index (χ4n) is 5.81. The molecule has 0 atom stereocenters. The Hall–Kier alpha value is -1.91. The van der Waals surface area contributed by atoms with E-state index in [0.29, 0.717) is 0 Å². The second-order valence-corrected chi connectivity index (χ2v) is 120. The van der Waals surface area contributed by atoms with E-state index in [-0.39, 0.29) is 0 Å². The molecule has 0 aromatic heterocycles. The van der Waals surface area contributed by atoms with Crippen molar-refractivity contribution in [2.45, 2.75) is 0 Å². The van der Waals surface area contributed by atoms with E-state index in [4.69, 9.17) is 26.6 Å². The minimum absolute atomic E-state index is 1.49. The number of rotatable bonds is 8. The number of hydrogen-bond donors (Lipinski definition) is 0. The van der Waals surface area contributed by atoms with Crippen LogP contribution in [0.15, 0.2) is 182 Å². The molecule has 0 N–H and O–H groups in total. The Morgan fingerprint density at radius 2 is 0.415 bits per heavy atom. The molecule has 6 aromatic rings. The minimum atomic E-state index is -3.55. The summed E-state index contributed by atoms with van der Waals surface area (Å²) in [5.41, 5.74) is 0. The van der Waals surface area contributed by atoms with Crippen molar-refractivity contribution in [3.05, 3.63) is 182 Å². The van der Waals surface area contributed by atoms with Gasteiger partial charge in [0.1, 0.15) is 0 Å². The first kappa shape index (κ1) is 29.2. The zero-order valence-electron chi connectivity index (χ0n) is 22.4. The van der Waals surface area contributed by atoms with Gasteiger partial charge in [-0.05, 0) is 0 Å². The first-order valence-electron chi connectivity index (χ1n) is 13.5. The Balaban J connectivity index is 1.86. The molecule has 6 rings (SSSR count). The van der Waals surface area contributed by atoms with Gasteiger partial charge < -0.3 is 0 Å². The van der Waals surface area contributed by atoms with Crippen molar-refractivity contribution in [1.82, 2.24) is 0 Å². The average molecular weight is 969 g/mol. The molecule has 0 aliphatic heterocycles. The SMILES string of the molecule is [Br][Pt]([Br])([AsH](c1ccccc1)(c1ccccc1)c1ccccc1)[AsH](c1ccccc1)(c1ccccc1)c1ccccc1. The zero-order chi connectivity index (χ0) is 28.2. The second kappa shape index (κ2) is 12.8. The third-order valence-corrected chi connectivity index (χ3v) is 173. The molecule has 0 saturated heterocycles. The third-order valence-electron chi connectivity index (χ3n) is 7.52. The van der Waals surface area contributed by atoms with Gasteiger partial charge in [0, 0.05) is 0 Å². The van der Waals surface area contributed by atoms with Crippen LogP contribution < -0.4 is 26.1 Å². The Kier molecular flexibility index (Phi) is 9.07. The fourth-order valence-corrected chi connectivity index (χ4v) is 220. The van der Waals surface area contributed by atoms with Gasteiger partial charge in [-0.25, -0.2) is 0 Å². The monoisotopic (exact) mass is 967 g/mol. The van der Waals surface area contributed by atoms with Gasteiger partial charge in [-0.15, -0.1) is 0 Å². The van der Waals surface area contributed by atoms with Crippen molar-refractivity contribution in [2.24, 2.45) is 0 Å². The third kappa shape index (κ3) is 4.95. The van der Waals surface area contributed by atoms with E-state index < -0.39 is 29.1 Å². The van der Waals surface area contributed by atoms with Crippen LogP contribution in [-0.4, -0.2) is 21.7 Å². The predicted octanol–water partition coefficient (Wildman–Crippen LogP) is 5.56. The zero-order valence-corrected chi connectivity index (χ0v) is 32.0. The van der Waals surface area contributed by atoms with Crippen molar-refractivity contribution in [3.8, 4) is 0 Å². The second-order valence-electron chi connectivity index (χ2n) is 9.78. The number of benzene rings is 6. The summed E-state index contributed by atoms with van der Waals surface area (Å²) >= 11 is 9.83. The molecule has 0 nitrogen and oxygen atoms in total. The normalized spacial score (nSPS) is 13.3. The Labute approximate surface area is 260 Å². The molecule has 0 amide bonds. The van der Waals surface area contributed by atoms with E-state index in [1.54, 1.807) is 0 Å². The molecule has 0 heterocycles. The van der Waals surface area contributed by atoms with E-state index in [2.05, 4.69) is 182 Å². The fraction of sp³-hybridized carbons (Fsp3) is 0. The van der Waals surface area contributed by atoms with Crippen LogP contribution in [0.2, 0.25) is 0 Å². The topological polar surface area (TPSA) is 0 Å². The first-order chi connectivity index (χ1) is 20.1. The molecule has 0 unspecified atom stereocenters. The average Bonchev–Trinajstić information content (AvgIpc) is 3.05. The maximum atomic E-state index is 4.91. The molecule has 0 spiro atoms. The van der Waals surface area contributed by atoms with Crippen LogP contribution in [-0.2, 0) is 7.39 Å². The molecule has 5 heteroatoms. The summed E-state index contributed by atoms with van der Waals surface area (Å²) < 4.78 is 8.96. The van der Waals surface area contributed by atoms with Gasteiger partial charge in [0.15, 0.2) is 0 Å². The molecule has 0 saturated carbocycles. The number of halogens is 2. The van der Waals surface area contributed by atoms with Crippen LogP contribution in [0.25, 0.3) is 0 Å². The van der Waals surface area contributed by atoms with Crippen molar-refractivity contribution in [3.63, 3.8) is 0 Å². The summed E-state index contributed by atoms with van der Waals surface area (Å²) in [5, 5.41) is 0. The van der Waals surface area contributed by atoms with E-state index in [1.165, 1.54) is 26.1 Å². The van der Waals surface area contributed by atoms with Crippen LogP contribution in [0.4, 0.5) is 0 Å². The van der Waals surface area contributed by atoms with Gasteiger partial charge in [0.25, 0.3) is 0 Å². The summed E-state index contributed by atoms with van der Waals surface area (Å²) in [7, 11) is -10.5. The number of hydrogen-bond acceptors (Lipinski definition) is 0. The molecule has 210 valence electrons. The Bertz CT molecular complexity index is 1360. The molecular formula is C36H32As2Br2Pt.